The number of rotatable bonds is 0. The third-order valence-corrected chi connectivity index (χ3v) is 3.47. The van der Waals surface area contributed by atoms with Crippen LogP contribution in [0.4, 0.5) is 0 Å². The van der Waals surface area contributed by atoms with Crippen molar-refractivity contribution in [3.05, 3.63) is 22.7 Å². The van der Waals surface area contributed by atoms with Gasteiger partial charge in [0.1, 0.15) is 11.5 Å². The molecule has 0 atom stereocenters. The molecule has 1 aromatic heterocycles. The average molecular weight is 205 g/mol. The van der Waals surface area contributed by atoms with E-state index < -0.39 is 9.84 Å². The van der Waals surface area contributed by atoms with Crippen LogP contribution in [0.3, 0.4) is 0 Å². The SMILES string of the molecule is O=S1(=O)Cc2ncnc(Cl)c2C1. The molecule has 0 spiro atoms. The number of halogens is 1. The number of fused-ring (bicyclic) bond motifs is 1. The second kappa shape index (κ2) is 2.40. The Bertz CT molecular complexity index is 429. The van der Waals surface area contributed by atoms with E-state index in [1.807, 2.05) is 0 Å². The first-order chi connectivity index (χ1) is 5.58. The summed E-state index contributed by atoms with van der Waals surface area (Å²) in [6, 6.07) is 0. The van der Waals surface area contributed by atoms with Gasteiger partial charge in [-0.25, -0.2) is 18.4 Å². The van der Waals surface area contributed by atoms with Gasteiger partial charge >= 0.3 is 0 Å². The number of hydrogen-bond acceptors (Lipinski definition) is 4. The Morgan fingerprint density at radius 3 is 2.75 bits per heavy atom. The fourth-order valence-corrected chi connectivity index (χ4v) is 2.98. The zero-order valence-corrected chi connectivity index (χ0v) is 7.56. The van der Waals surface area contributed by atoms with E-state index >= 15 is 0 Å². The maximum atomic E-state index is 11.1. The minimum atomic E-state index is -3.01. The highest BCUT2D eigenvalue weighted by molar-refractivity contribution is 7.90. The lowest BCUT2D eigenvalue weighted by atomic mass is 10.3. The molecular weight excluding hydrogens is 200 g/mol. The predicted molar refractivity (Wildman–Crippen MR) is 43.4 cm³/mol. The van der Waals surface area contributed by atoms with E-state index in [1.54, 1.807) is 0 Å². The van der Waals surface area contributed by atoms with Gasteiger partial charge in [-0.15, -0.1) is 0 Å². The summed E-state index contributed by atoms with van der Waals surface area (Å²) in [7, 11) is -3.01. The first-order valence-electron chi connectivity index (χ1n) is 3.27. The third-order valence-electron chi connectivity index (χ3n) is 1.70. The summed E-state index contributed by atoms with van der Waals surface area (Å²) >= 11 is 5.68. The van der Waals surface area contributed by atoms with Crippen LogP contribution >= 0.6 is 11.6 Å². The van der Waals surface area contributed by atoms with Crippen molar-refractivity contribution in [1.82, 2.24) is 9.97 Å². The smallest absolute Gasteiger partial charge is 0.160 e. The van der Waals surface area contributed by atoms with Gasteiger partial charge in [-0.3, -0.25) is 0 Å². The molecule has 6 heteroatoms. The van der Waals surface area contributed by atoms with E-state index in [9.17, 15) is 8.42 Å². The molecule has 0 bridgehead atoms. The molecule has 4 nitrogen and oxygen atoms in total. The van der Waals surface area contributed by atoms with Crippen LogP contribution in [0.15, 0.2) is 6.33 Å². The molecule has 0 saturated carbocycles. The lowest BCUT2D eigenvalue weighted by Gasteiger charge is -1.94. The fourth-order valence-electron chi connectivity index (χ4n) is 1.17. The predicted octanol–water partition coefficient (Wildman–Crippen LogP) is 0.558. The first kappa shape index (κ1) is 7.94. The summed E-state index contributed by atoms with van der Waals surface area (Å²) in [6.45, 7) is 0. The molecule has 0 fully saturated rings. The number of sulfone groups is 1. The highest BCUT2D eigenvalue weighted by Crippen LogP contribution is 2.27. The van der Waals surface area contributed by atoms with Crippen LogP contribution in [0.1, 0.15) is 11.3 Å². The highest BCUT2D eigenvalue weighted by Gasteiger charge is 2.28. The standard InChI is InChI=1S/C6H5ClN2O2S/c7-6-4-1-12(10,11)2-5(4)8-3-9-6/h3H,1-2H2. The second-order valence-corrected chi connectivity index (χ2v) is 5.04. The molecule has 0 aliphatic carbocycles. The van der Waals surface area contributed by atoms with Crippen LogP contribution in [0.25, 0.3) is 0 Å². The van der Waals surface area contributed by atoms with Gasteiger partial charge in [0, 0.05) is 5.56 Å². The van der Waals surface area contributed by atoms with Crippen molar-refractivity contribution in [2.45, 2.75) is 11.5 Å². The van der Waals surface area contributed by atoms with Gasteiger partial charge in [-0.05, 0) is 0 Å². The maximum absolute atomic E-state index is 11.1. The van der Waals surface area contributed by atoms with Gasteiger partial charge in [-0.2, -0.15) is 0 Å². The summed E-state index contributed by atoms with van der Waals surface area (Å²) in [4.78, 5) is 7.55. The number of aromatic nitrogens is 2. The first-order valence-corrected chi connectivity index (χ1v) is 5.47. The van der Waals surface area contributed by atoms with Gasteiger partial charge in [0.2, 0.25) is 0 Å². The second-order valence-electron chi connectivity index (χ2n) is 2.62. The summed E-state index contributed by atoms with van der Waals surface area (Å²) in [5.41, 5.74) is 1.09. The van der Waals surface area contributed by atoms with Crippen molar-refractivity contribution in [1.29, 1.82) is 0 Å². The Kier molecular flexibility index (Phi) is 1.59. The normalized spacial score (nSPS) is 19.1. The van der Waals surface area contributed by atoms with Gasteiger partial charge in [-0.1, -0.05) is 11.6 Å². The molecule has 2 rings (SSSR count). The summed E-state index contributed by atoms with van der Waals surface area (Å²) in [6.07, 6.45) is 1.28. The van der Waals surface area contributed by atoms with Gasteiger partial charge in [0.15, 0.2) is 9.84 Å². The Morgan fingerprint density at radius 2 is 2.08 bits per heavy atom. The van der Waals surface area contributed by atoms with E-state index in [0.717, 1.165) is 0 Å². The molecule has 0 aromatic carbocycles. The minimum absolute atomic E-state index is 0.00935. The quantitative estimate of drug-likeness (QED) is 0.580. The van der Waals surface area contributed by atoms with Crippen LogP contribution in [-0.4, -0.2) is 18.4 Å². The van der Waals surface area contributed by atoms with Crippen molar-refractivity contribution >= 4 is 21.4 Å². The molecule has 0 unspecified atom stereocenters. The van der Waals surface area contributed by atoms with Crippen molar-refractivity contribution in [2.24, 2.45) is 0 Å². The van der Waals surface area contributed by atoms with Crippen LogP contribution in [0.2, 0.25) is 5.15 Å². The zero-order chi connectivity index (χ0) is 8.77. The molecule has 1 aliphatic heterocycles. The Balaban J connectivity index is 2.63. The van der Waals surface area contributed by atoms with Crippen molar-refractivity contribution in [3.63, 3.8) is 0 Å². The van der Waals surface area contributed by atoms with Gasteiger partial charge < -0.3 is 0 Å². The molecular formula is C6H5ClN2O2S. The van der Waals surface area contributed by atoms with Crippen molar-refractivity contribution in [2.75, 3.05) is 0 Å². The summed E-state index contributed by atoms with van der Waals surface area (Å²) in [5.74, 6) is -0.0351. The lowest BCUT2D eigenvalue weighted by molar-refractivity contribution is 0.597. The Morgan fingerprint density at radius 1 is 1.33 bits per heavy atom. The topological polar surface area (TPSA) is 59.9 Å². The van der Waals surface area contributed by atoms with E-state index in [1.165, 1.54) is 6.33 Å². The Labute approximate surface area is 74.5 Å². The van der Waals surface area contributed by atoms with Gasteiger partial charge in [0.05, 0.1) is 17.2 Å². The number of hydrogen-bond donors (Lipinski definition) is 0. The zero-order valence-electron chi connectivity index (χ0n) is 5.99. The van der Waals surface area contributed by atoms with E-state index in [4.69, 9.17) is 11.6 Å². The van der Waals surface area contributed by atoms with Crippen molar-refractivity contribution < 1.29 is 8.42 Å². The number of nitrogens with zero attached hydrogens (tertiary/aromatic N) is 2. The monoisotopic (exact) mass is 204 g/mol. The summed E-state index contributed by atoms with van der Waals surface area (Å²) < 4.78 is 22.2. The summed E-state index contributed by atoms with van der Waals surface area (Å²) in [5, 5.41) is 0.251. The minimum Gasteiger partial charge on any atom is -0.240 e. The van der Waals surface area contributed by atoms with Crippen LogP contribution in [0.5, 0.6) is 0 Å². The Hall–Kier alpha value is -0.680. The maximum Gasteiger partial charge on any atom is 0.160 e. The molecule has 0 N–H and O–H groups in total. The molecule has 1 aliphatic rings. The van der Waals surface area contributed by atoms with E-state index in [0.29, 0.717) is 11.3 Å². The third kappa shape index (κ3) is 1.19. The molecule has 0 amide bonds. The van der Waals surface area contributed by atoms with E-state index in [2.05, 4.69) is 9.97 Å². The fraction of sp³-hybridized carbons (Fsp3) is 0.333. The van der Waals surface area contributed by atoms with Crippen LogP contribution < -0.4 is 0 Å². The lowest BCUT2D eigenvalue weighted by Crippen LogP contribution is -1.95. The molecule has 1 aromatic rings. The highest BCUT2D eigenvalue weighted by atomic mass is 35.5. The molecule has 0 radical (unpaired) electrons. The molecule has 2 heterocycles. The largest absolute Gasteiger partial charge is 0.240 e. The molecule has 12 heavy (non-hydrogen) atoms. The van der Waals surface area contributed by atoms with Gasteiger partial charge in [0.25, 0.3) is 0 Å². The van der Waals surface area contributed by atoms with Crippen molar-refractivity contribution in [3.8, 4) is 0 Å². The molecule has 0 saturated heterocycles. The van der Waals surface area contributed by atoms with Crippen LogP contribution in [0, 0.1) is 0 Å². The van der Waals surface area contributed by atoms with Crippen LogP contribution in [-0.2, 0) is 21.3 Å². The van der Waals surface area contributed by atoms with E-state index in [-0.39, 0.29) is 16.7 Å². The molecule has 64 valence electrons. The average Bonchev–Trinajstić information content (AvgIpc) is 2.25.